The zero-order chi connectivity index (χ0) is 30.9. The van der Waals surface area contributed by atoms with E-state index in [1.54, 1.807) is 32.0 Å². The van der Waals surface area contributed by atoms with Gasteiger partial charge >= 0.3 is 15.0 Å². The Morgan fingerprint density at radius 1 is 1.21 bits per heavy atom. The third-order valence-electron chi connectivity index (χ3n) is 6.07. The molecule has 2 amide bonds. The Hall–Kier alpha value is -3.90. The number of hydrogen-bond acceptors (Lipinski definition) is 7. The summed E-state index contributed by atoms with van der Waals surface area (Å²) in [5, 5.41) is 17.1. The molecule has 2 N–H and O–H groups in total. The standard InChI is InChI=1S/C27H31N5O6S/c1-18(2)16-23(30-26(34)22-13-12-19-8-3-4-9-20(19)28-22)27(35)29-21-10-7-14-31(17-24(21)33)39(37,38)25-11-5-6-15-32(25)36/h3-6,8-9,11-13,15,18,21,23H,7,10,14,16-17H2,1-2H3,(H,29,35)(H,30,34)/t21-,23-/m0/s1/i17D2,21D. The average Bonchev–Trinajstić information content (AvgIpc) is 3.02. The Morgan fingerprint density at radius 2 is 1.95 bits per heavy atom. The second-order valence-electron chi connectivity index (χ2n) is 9.50. The van der Waals surface area contributed by atoms with Gasteiger partial charge in [-0.25, -0.2) is 13.4 Å². The van der Waals surface area contributed by atoms with Gasteiger partial charge in [0.05, 0.1) is 22.1 Å². The number of ketones is 1. The summed E-state index contributed by atoms with van der Waals surface area (Å²) in [5.41, 5.74) is 0.624. The van der Waals surface area contributed by atoms with E-state index in [0.717, 1.165) is 17.6 Å². The van der Waals surface area contributed by atoms with E-state index < -0.39 is 64.2 Å². The van der Waals surface area contributed by atoms with Crippen LogP contribution in [0.4, 0.5) is 0 Å². The normalized spacial score (nSPS) is 21.8. The van der Waals surface area contributed by atoms with Crippen molar-refractivity contribution in [1.82, 2.24) is 19.9 Å². The molecule has 3 heterocycles. The SMILES string of the molecule is [2H]C1([2H])C(=O)[C@@]([2H])(NC(=O)[C@H](CC(C)C)NC(=O)c2ccc3ccccc3n2)CCCN1S(=O)(=O)c1cccc[n+]1[O-]. The number of fused-ring (bicyclic) bond motifs is 1. The second-order valence-corrected chi connectivity index (χ2v) is 11.3. The lowest BCUT2D eigenvalue weighted by Gasteiger charge is -2.23. The number of nitrogens with one attached hydrogen (secondary N) is 2. The highest BCUT2D eigenvalue weighted by Gasteiger charge is 2.37. The number of aromatic nitrogens is 2. The summed E-state index contributed by atoms with van der Waals surface area (Å²) in [6.45, 7) is -0.187. The van der Waals surface area contributed by atoms with Crippen LogP contribution < -0.4 is 15.4 Å². The molecule has 1 saturated heterocycles. The maximum absolute atomic E-state index is 13.4. The van der Waals surface area contributed by atoms with E-state index in [-0.39, 0.29) is 33.5 Å². The number of rotatable bonds is 8. The summed E-state index contributed by atoms with van der Waals surface area (Å²) in [6.07, 6.45) is 0.458. The van der Waals surface area contributed by atoms with Crippen LogP contribution in [-0.2, 0) is 19.6 Å². The Morgan fingerprint density at radius 3 is 2.69 bits per heavy atom. The Kier molecular flexibility index (Phi) is 7.35. The molecule has 0 saturated carbocycles. The van der Waals surface area contributed by atoms with Gasteiger partial charge in [-0.15, -0.1) is 0 Å². The molecule has 1 aromatic carbocycles. The van der Waals surface area contributed by atoms with E-state index in [1.807, 2.05) is 12.1 Å². The summed E-state index contributed by atoms with van der Waals surface area (Å²) in [6, 6.07) is 10.2. The lowest BCUT2D eigenvalue weighted by Crippen LogP contribution is -2.53. The number of carbonyl (C=O) groups is 3. The van der Waals surface area contributed by atoms with Gasteiger partial charge in [0.15, 0.2) is 12.0 Å². The van der Waals surface area contributed by atoms with Crippen molar-refractivity contribution in [2.24, 2.45) is 5.92 Å². The molecule has 1 aliphatic rings. The van der Waals surface area contributed by atoms with Crippen LogP contribution >= 0.6 is 0 Å². The summed E-state index contributed by atoms with van der Waals surface area (Å²) < 4.78 is 52.4. The van der Waals surface area contributed by atoms with E-state index >= 15 is 0 Å². The number of benzene rings is 1. The molecule has 1 fully saturated rings. The molecule has 4 rings (SSSR count). The first-order valence-electron chi connectivity index (χ1n) is 13.9. The van der Waals surface area contributed by atoms with Gasteiger partial charge in [-0.3, -0.25) is 14.4 Å². The highest BCUT2D eigenvalue weighted by Crippen LogP contribution is 2.18. The minimum absolute atomic E-state index is 0.0418. The van der Waals surface area contributed by atoms with Crippen molar-refractivity contribution >= 4 is 38.5 Å². The first-order chi connectivity index (χ1) is 19.7. The fraction of sp³-hybridized carbons (Fsp3) is 0.370. The summed E-state index contributed by atoms with van der Waals surface area (Å²) in [7, 11) is -4.80. The topological polar surface area (TPSA) is 152 Å². The maximum Gasteiger partial charge on any atom is 0.323 e. The molecular weight excluding hydrogens is 522 g/mol. The van der Waals surface area contributed by atoms with Gasteiger partial charge in [0.1, 0.15) is 11.7 Å². The number of Topliss-reactive ketones (excluding diaryl/α,β-unsaturated/α-hetero) is 1. The van der Waals surface area contributed by atoms with Crippen LogP contribution in [0.2, 0.25) is 0 Å². The van der Waals surface area contributed by atoms with E-state index in [9.17, 15) is 28.0 Å². The number of amides is 2. The van der Waals surface area contributed by atoms with Gasteiger partial charge in [0.25, 0.3) is 5.91 Å². The molecule has 0 spiro atoms. The van der Waals surface area contributed by atoms with Crippen molar-refractivity contribution in [3.05, 3.63) is 71.7 Å². The third kappa shape index (κ3) is 6.58. The third-order valence-corrected chi connectivity index (χ3v) is 7.76. The fourth-order valence-corrected chi connectivity index (χ4v) is 5.47. The first kappa shape index (κ1) is 24.2. The van der Waals surface area contributed by atoms with Crippen molar-refractivity contribution in [2.75, 3.05) is 13.0 Å². The molecule has 11 nitrogen and oxygen atoms in total. The Bertz CT molecular complexity index is 1640. The fourth-order valence-electron chi connectivity index (χ4n) is 4.14. The smallest absolute Gasteiger partial charge is 0.323 e. The molecular formula is C27H31N5O6S. The molecule has 0 unspecified atom stereocenters. The van der Waals surface area contributed by atoms with Crippen LogP contribution in [-0.4, -0.2) is 60.4 Å². The Labute approximate surface area is 231 Å². The molecule has 0 radical (unpaired) electrons. The number of hydrogen-bond donors (Lipinski definition) is 2. The predicted molar refractivity (Wildman–Crippen MR) is 143 cm³/mol. The zero-order valence-corrected chi connectivity index (χ0v) is 22.3. The summed E-state index contributed by atoms with van der Waals surface area (Å²) in [5.74, 6) is -3.19. The van der Waals surface area contributed by atoms with E-state index in [4.69, 9.17) is 4.11 Å². The highest BCUT2D eigenvalue weighted by atomic mass is 32.2. The van der Waals surface area contributed by atoms with Crippen LogP contribution in [0.15, 0.2) is 65.8 Å². The molecule has 2 aromatic heterocycles. The van der Waals surface area contributed by atoms with E-state index in [1.165, 1.54) is 18.2 Å². The highest BCUT2D eigenvalue weighted by molar-refractivity contribution is 7.89. The van der Waals surface area contributed by atoms with Crippen molar-refractivity contribution in [2.45, 2.75) is 50.2 Å². The van der Waals surface area contributed by atoms with Gasteiger partial charge in [-0.1, -0.05) is 38.1 Å². The molecule has 206 valence electrons. The lowest BCUT2D eigenvalue weighted by molar-refractivity contribution is -0.646. The molecule has 1 aliphatic heterocycles. The van der Waals surface area contributed by atoms with Crippen LogP contribution in [0.5, 0.6) is 0 Å². The molecule has 3 aromatic rings. The second kappa shape index (κ2) is 11.9. The van der Waals surface area contributed by atoms with Crippen molar-refractivity contribution in [3.8, 4) is 0 Å². The van der Waals surface area contributed by atoms with Crippen LogP contribution in [0, 0.1) is 11.1 Å². The molecule has 0 bridgehead atoms. The van der Waals surface area contributed by atoms with E-state index in [0.29, 0.717) is 5.52 Å². The number of pyridine rings is 2. The monoisotopic (exact) mass is 556 g/mol. The molecule has 0 aliphatic carbocycles. The van der Waals surface area contributed by atoms with Crippen LogP contribution in [0.25, 0.3) is 10.9 Å². The van der Waals surface area contributed by atoms with E-state index in [2.05, 4.69) is 15.6 Å². The van der Waals surface area contributed by atoms with Gasteiger partial charge in [0, 0.05) is 24.1 Å². The average molecular weight is 557 g/mol. The molecule has 39 heavy (non-hydrogen) atoms. The van der Waals surface area contributed by atoms with Crippen molar-refractivity contribution < 1.29 is 31.6 Å². The van der Waals surface area contributed by atoms with Gasteiger partial charge in [0.2, 0.25) is 5.91 Å². The van der Waals surface area contributed by atoms with Gasteiger partial charge < -0.3 is 15.8 Å². The first-order valence-corrected chi connectivity index (χ1v) is 13.9. The summed E-state index contributed by atoms with van der Waals surface area (Å²) >= 11 is 0. The van der Waals surface area contributed by atoms with Crippen LogP contribution in [0.3, 0.4) is 0 Å². The predicted octanol–water partition coefficient (Wildman–Crippen LogP) is 1.55. The van der Waals surface area contributed by atoms with Crippen LogP contribution in [0.1, 0.15) is 47.7 Å². The number of nitrogens with zero attached hydrogens (tertiary/aromatic N) is 3. The number of para-hydroxylation sites is 1. The largest absolute Gasteiger partial charge is 0.618 e. The zero-order valence-electron chi connectivity index (χ0n) is 24.5. The minimum atomic E-state index is -4.80. The van der Waals surface area contributed by atoms with Crippen molar-refractivity contribution in [3.63, 3.8) is 0 Å². The minimum Gasteiger partial charge on any atom is -0.618 e. The number of sulfonamides is 1. The lowest BCUT2D eigenvalue weighted by atomic mass is 10.0. The Balaban J connectivity index is 1.57. The number of carbonyl (C=O) groups excluding carboxylic acids is 3. The molecule has 2 atom stereocenters. The van der Waals surface area contributed by atoms with Gasteiger partial charge in [-0.2, -0.15) is 9.04 Å². The molecule has 12 heteroatoms. The van der Waals surface area contributed by atoms with Gasteiger partial charge in [-0.05, 0) is 43.4 Å². The maximum atomic E-state index is 13.4. The van der Waals surface area contributed by atoms with Crippen molar-refractivity contribution in [1.29, 1.82) is 0 Å². The summed E-state index contributed by atoms with van der Waals surface area (Å²) in [4.78, 5) is 44.3. The quantitative estimate of drug-likeness (QED) is 0.315.